The number of H-pyrrole nitrogens is 1. The summed E-state index contributed by atoms with van der Waals surface area (Å²) in [6.07, 6.45) is 0.996. The van der Waals surface area contributed by atoms with E-state index < -0.39 is 0 Å². The van der Waals surface area contributed by atoms with Crippen LogP contribution in [0.3, 0.4) is 0 Å². The fourth-order valence-electron chi connectivity index (χ4n) is 3.29. The van der Waals surface area contributed by atoms with Crippen molar-refractivity contribution in [2.45, 2.75) is 32.3 Å². The zero-order chi connectivity index (χ0) is 21.8. The van der Waals surface area contributed by atoms with Gasteiger partial charge in [0.25, 0.3) is 0 Å². The van der Waals surface area contributed by atoms with Gasteiger partial charge in [-0.15, -0.1) is 5.10 Å². The Labute approximate surface area is 185 Å². The van der Waals surface area contributed by atoms with Gasteiger partial charge in [0, 0.05) is 5.56 Å². The van der Waals surface area contributed by atoms with Crippen LogP contribution in [0, 0.1) is 13.8 Å². The summed E-state index contributed by atoms with van der Waals surface area (Å²) < 4.78 is 1.84. The molecule has 0 aliphatic carbocycles. The average molecular weight is 433 g/mol. The van der Waals surface area contributed by atoms with Crippen molar-refractivity contribution >= 4 is 23.4 Å². The fraction of sp³-hybridized carbons (Fsp3) is 0.217. The van der Waals surface area contributed by atoms with E-state index in [2.05, 4.69) is 44.7 Å². The molecule has 8 heteroatoms. The molecule has 1 amide bonds. The first kappa shape index (κ1) is 20.9. The van der Waals surface area contributed by atoms with Crippen molar-refractivity contribution < 1.29 is 4.79 Å². The Bertz CT molecular complexity index is 1180. The van der Waals surface area contributed by atoms with E-state index >= 15 is 0 Å². The number of rotatable bonds is 7. The van der Waals surface area contributed by atoms with Gasteiger partial charge in [-0.05, 0) is 38.0 Å². The number of aromatic amines is 1. The van der Waals surface area contributed by atoms with Crippen LogP contribution in [0.15, 0.2) is 59.8 Å². The van der Waals surface area contributed by atoms with E-state index in [4.69, 9.17) is 0 Å². The second-order valence-corrected chi connectivity index (χ2v) is 8.09. The monoisotopic (exact) mass is 432 g/mol. The summed E-state index contributed by atoms with van der Waals surface area (Å²) in [6.45, 7) is 5.96. The van der Waals surface area contributed by atoms with E-state index in [1.807, 2.05) is 61.0 Å². The van der Waals surface area contributed by atoms with Crippen molar-refractivity contribution in [2.24, 2.45) is 0 Å². The minimum absolute atomic E-state index is 0.123. The average Bonchev–Trinajstić information content (AvgIpc) is 3.39. The van der Waals surface area contributed by atoms with E-state index in [0.29, 0.717) is 11.0 Å². The second-order valence-electron chi connectivity index (χ2n) is 7.15. The van der Waals surface area contributed by atoms with Gasteiger partial charge in [0.1, 0.15) is 0 Å². The SMILES string of the molecule is CCc1ccc(-c2nc(SCC(=O)Nc3c(C)nn(-c4ccccc4)c3C)n[nH]2)cc1. The first-order chi connectivity index (χ1) is 15.0. The maximum Gasteiger partial charge on any atom is 0.234 e. The van der Waals surface area contributed by atoms with Crippen molar-refractivity contribution in [3.63, 3.8) is 0 Å². The van der Waals surface area contributed by atoms with Crippen molar-refractivity contribution in [1.82, 2.24) is 25.0 Å². The van der Waals surface area contributed by atoms with Crippen LogP contribution >= 0.6 is 11.8 Å². The standard InChI is InChI=1S/C23H24N6OS/c1-4-17-10-12-18(13-11-17)22-25-23(27-26-22)31-14-20(30)24-21-15(2)28-29(16(21)3)19-8-6-5-7-9-19/h5-13H,4,14H2,1-3H3,(H,24,30)(H,25,26,27). The van der Waals surface area contributed by atoms with Gasteiger partial charge in [0.05, 0.1) is 28.5 Å². The number of carbonyl (C=O) groups excluding carboxylic acids is 1. The number of thioether (sulfide) groups is 1. The van der Waals surface area contributed by atoms with E-state index in [0.717, 1.165) is 34.7 Å². The molecule has 2 N–H and O–H groups in total. The number of nitrogens with one attached hydrogen (secondary N) is 2. The molecule has 0 aliphatic heterocycles. The predicted molar refractivity (Wildman–Crippen MR) is 124 cm³/mol. The summed E-state index contributed by atoms with van der Waals surface area (Å²) >= 11 is 1.29. The Morgan fingerprint density at radius 1 is 1.10 bits per heavy atom. The number of hydrogen-bond donors (Lipinski definition) is 2. The maximum atomic E-state index is 12.5. The molecular weight excluding hydrogens is 408 g/mol. The topological polar surface area (TPSA) is 88.5 Å². The molecule has 0 saturated carbocycles. The van der Waals surface area contributed by atoms with E-state index in [9.17, 15) is 4.79 Å². The molecule has 31 heavy (non-hydrogen) atoms. The minimum Gasteiger partial charge on any atom is -0.322 e. The number of aryl methyl sites for hydroxylation is 2. The van der Waals surface area contributed by atoms with Crippen molar-refractivity contribution in [3.8, 4) is 17.1 Å². The molecule has 0 aliphatic rings. The van der Waals surface area contributed by atoms with Crippen LogP contribution < -0.4 is 5.32 Å². The Morgan fingerprint density at radius 3 is 2.55 bits per heavy atom. The van der Waals surface area contributed by atoms with Crippen LogP contribution in [0.1, 0.15) is 23.9 Å². The van der Waals surface area contributed by atoms with Crippen LogP contribution in [0.25, 0.3) is 17.1 Å². The third-order valence-electron chi connectivity index (χ3n) is 4.99. The molecule has 0 atom stereocenters. The van der Waals surface area contributed by atoms with Crippen molar-refractivity contribution in [1.29, 1.82) is 0 Å². The third-order valence-corrected chi connectivity index (χ3v) is 5.84. The Morgan fingerprint density at radius 2 is 1.84 bits per heavy atom. The summed E-state index contributed by atoms with van der Waals surface area (Å²) in [7, 11) is 0. The van der Waals surface area contributed by atoms with Crippen LogP contribution in [-0.4, -0.2) is 36.6 Å². The lowest BCUT2D eigenvalue weighted by atomic mass is 10.1. The number of amides is 1. The number of carbonyl (C=O) groups is 1. The van der Waals surface area contributed by atoms with Gasteiger partial charge in [0.15, 0.2) is 5.82 Å². The van der Waals surface area contributed by atoms with Gasteiger partial charge >= 0.3 is 0 Å². The highest BCUT2D eigenvalue weighted by Crippen LogP contribution is 2.24. The largest absolute Gasteiger partial charge is 0.322 e. The molecule has 2 heterocycles. The molecule has 0 unspecified atom stereocenters. The molecule has 4 aromatic rings. The molecule has 0 spiro atoms. The number of aromatic nitrogens is 5. The minimum atomic E-state index is -0.123. The second kappa shape index (κ2) is 9.18. The summed E-state index contributed by atoms with van der Waals surface area (Å²) in [4.78, 5) is 17.0. The first-order valence-corrected chi connectivity index (χ1v) is 11.1. The Balaban J connectivity index is 1.39. The Hall–Kier alpha value is -3.39. The lowest BCUT2D eigenvalue weighted by molar-refractivity contribution is -0.113. The zero-order valence-corrected chi connectivity index (χ0v) is 18.5. The molecule has 0 fully saturated rings. The molecule has 158 valence electrons. The molecular formula is C23H24N6OS. The first-order valence-electron chi connectivity index (χ1n) is 10.1. The zero-order valence-electron chi connectivity index (χ0n) is 17.7. The molecule has 0 saturated heterocycles. The molecule has 7 nitrogen and oxygen atoms in total. The van der Waals surface area contributed by atoms with E-state index in [-0.39, 0.29) is 11.7 Å². The Kier molecular flexibility index (Phi) is 6.18. The van der Waals surface area contributed by atoms with Crippen LogP contribution in [0.5, 0.6) is 0 Å². The molecule has 2 aromatic heterocycles. The number of anilines is 1. The van der Waals surface area contributed by atoms with Crippen molar-refractivity contribution in [2.75, 3.05) is 11.1 Å². The van der Waals surface area contributed by atoms with Gasteiger partial charge in [-0.3, -0.25) is 9.89 Å². The molecule has 0 radical (unpaired) electrons. The summed E-state index contributed by atoms with van der Waals surface area (Å²) in [5.74, 6) is 0.783. The quantitative estimate of drug-likeness (QED) is 0.418. The lowest BCUT2D eigenvalue weighted by Gasteiger charge is -2.06. The molecule has 2 aromatic carbocycles. The number of hydrogen-bond acceptors (Lipinski definition) is 5. The smallest absolute Gasteiger partial charge is 0.234 e. The van der Waals surface area contributed by atoms with Crippen LogP contribution in [0.4, 0.5) is 5.69 Å². The van der Waals surface area contributed by atoms with Gasteiger partial charge in [0.2, 0.25) is 11.1 Å². The summed E-state index contributed by atoms with van der Waals surface area (Å²) in [6, 6.07) is 18.1. The van der Waals surface area contributed by atoms with E-state index in [1.54, 1.807) is 0 Å². The van der Waals surface area contributed by atoms with Gasteiger partial charge in [-0.1, -0.05) is 61.2 Å². The fourth-order valence-corrected chi connectivity index (χ4v) is 3.89. The van der Waals surface area contributed by atoms with Crippen LogP contribution in [-0.2, 0) is 11.2 Å². The highest BCUT2D eigenvalue weighted by molar-refractivity contribution is 7.99. The third kappa shape index (κ3) is 4.69. The van der Waals surface area contributed by atoms with Crippen LogP contribution in [0.2, 0.25) is 0 Å². The number of nitrogens with zero attached hydrogens (tertiary/aromatic N) is 4. The van der Waals surface area contributed by atoms with Crippen molar-refractivity contribution in [3.05, 3.63) is 71.5 Å². The molecule has 4 rings (SSSR count). The van der Waals surface area contributed by atoms with Gasteiger partial charge in [-0.25, -0.2) is 9.67 Å². The maximum absolute atomic E-state index is 12.5. The van der Waals surface area contributed by atoms with E-state index in [1.165, 1.54) is 17.3 Å². The number of benzene rings is 2. The molecule has 0 bridgehead atoms. The normalized spacial score (nSPS) is 10.9. The summed E-state index contributed by atoms with van der Waals surface area (Å²) in [5, 5.41) is 15.3. The van der Waals surface area contributed by atoms with Gasteiger partial charge in [-0.2, -0.15) is 5.10 Å². The highest BCUT2D eigenvalue weighted by Gasteiger charge is 2.16. The predicted octanol–water partition coefficient (Wildman–Crippen LogP) is 4.57. The highest BCUT2D eigenvalue weighted by atomic mass is 32.2. The van der Waals surface area contributed by atoms with Gasteiger partial charge < -0.3 is 5.32 Å². The summed E-state index contributed by atoms with van der Waals surface area (Å²) in [5.41, 5.74) is 5.60. The number of para-hydroxylation sites is 1. The lowest BCUT2D eigenvalue weighted by Crippen LogP contribution is -2.15.